The highest BCUT2D eigenvalue weighted by Gasteiger charge is 2.50. The molecule has 0 aliphatic carbocycles. The SMILES string of the molecule is CC/C=C\C/C=C\C/C=C\CCCCCC(=O)OCC(COC1OC(C(=O)O)C(O)C(O)C1OC(=O)CCCCCCCCC/C=C\CCCCCCCC)OC(=O)CCCCCCC/C=C\CCCCCC. The molecule has 0 saturated carbocycles. The molecular formula is C61H104O12. The Balaban J connectivity index is 2.70. The molecule has 1 fully saturated rings. The highest BCUT2D eigenvalue weighted by atomic mass is 16.7. The molecule has 1 aliphatic rings. The van der Waals surface area contributed by atoms with Gasteiger partial charge in [0.05, 0.1) is 6.61 Å². The first-order valence-corrected chi connectivity index (χ1v) is 29.3. The molecule has 0 radical (unpaired) electrons. The van der Waals surface area contributed by atoms with Crippen LogP contribution in [0.25, 0.3) is 0 Å². The van der Waals surface area contributed by atoms with Gasteiger partial charge in [-0.2, -0.15) is 0 Å². The summed E-state index contributed by atoms with van der Waals surface area (Å²) in [6.07, 6.45) is 47.7. The molecule has 0 aromatic heterocycles. The van der Waals surface area contributed by atoms with Gasteiger partial charge in [0.2, 0.25) is 0 Å². The summed E-state index contributed by atoms with van der Waals surface area (Å²) in [5, 5.41) is 31.5. The Labute approximate surface area is 443 Å². The smallest absolute Gasteiger partial charge is 0.335 e. The van der Waals surface area contributed by atoms with E-state index in [1.807, 2.05) is 0 Å². The van der Waals surface area contributed by atoms with Crippen LogP contribution in [0.3, 0.4) is 0 Å². The van der Waals surface area contributed by atoms with E-state index < -0.39 is 67.3 Å². The lowest BCUT2D eigenvalue weighted by Gasteiger charge is -2.40. The van der Waals surface area contributed by atoms with Crippen molar-refractivity contribution in [1.29, 1.82) is 0 Å². The fraction of sp³-hybridized carbons (Fsp3) is 0.770. The third-order valence-electron chi connectivity index (χ3n) is 13.0. The van der Waals surface area contributed by atoms with Crippen LogP contribution in [-0.4, -0.2) is 89.2 Å². The number of carbonyl (C=O) groups is 4. The number of hydrogen-bond acceptors (Lipinski definition) is 11. The van der Waals surface area contributed by atoms with Crippen LogP contribution in [0.2, 0.25) is 0 Å². The van der Waals surface area contributed by atoms with E-state index in [1.54, 1.807) is 0 Å². The van der Waals surface area contributed by atoms with E-state index in [9.17, 15) is 34.5 Å². The number of esters is 3. The van der Waals surface area contributed by atoms with Crippen LogP contribution in [0.5, 0.6) is 0 Å². The number of ether oxygens (including phenoxy) is 5. The molecule has 0 amide bonds. The first-order chi connectivity index (χ1) is 35.6. The van der Waals surface area contributed by atoms with E-state index in [2.05, 4.69) is 81.5 Å². The lowest BCUT2D eigenvalue weighted by Crippen LogP contribution is -2.61. The molecule has 1 rings (SSSR count). The van der Waals surface area contributed by atoms with Crippen molar-refractivity contribution < 1.29 is 58.2 Å². The van der Waals surface area contributed by atoms with Crippen LogP contribution in [0, 0.1) is 0 Å². The summed E-state index contributed by atoms with van der Waals surface area (Å²) in [6, 6.07) is 0. The average molecular weight is 1030 g/mol. The number of allylic oxidation sites excluding steroid dienone is 10. The second-order valence-electron chi connectivity index (χ2n) is 19.9. The van der Waals surface area contributed by atoms with E-state index in [-0.39, 0.29) is 25.9 Å². The molecule has 1 aliphatic heterocycles. The van der Waals surface area contributed by atoms with Crippen molar-refractivity contribution in [3.05, 3.63) is 60.8 Å². The quantitative estimate of drug-likeness (QED) is 0.0228. The maximum Gasteiger partial charge on any atom is 0.335 e. The molecule has 0 aromatic carbocycles. The predicted molar refractivity (Wildman–Crippen MR) is 294 cm³/mol. The van der Waals surface area contributed by atoms with Gasteiger partial charge in [-0.15, -0.1) is 0 Å². The number of rotatable bonds is 49. The second-order valence-corrected chi connectivity index (χ2v) is 19.9. The number of aliphatic hydroxyl groups excluding tert-OH is 2. The molecule has 6 unspecified atom stereocenters. The Hall–Kier alpha value is -3.58. The molecule has 0 aromatic rings. The van der Waals surface area contributed by atoms with E-state index >= 15 is 0 Å². The maximum absolute atomic E-state index is 13.1. The molecule has 12 nitrogen and oxygen atoms in total. The lowest BCUT2D eigenvalue weighted by atomic mass is 9.98. The number of carboxylic acid groups (broad SMARTS) is 1. The number of aliphatic carboxylic acids is 1. The molecule has 1 saturated heterocycles. The summed E-state index contributed by atoms with van der Waals surface area (Å²) < 4.78 is 28.4. The monoisotopic (exact) mass is 1030 g/mol. The fourth-order valence-corrected chi connectivity index (χ4v) is 8.55. The van der Waals surface area contributed by atoms with Gasteiger partial charge in [0.25, 0.3) is 0 Å². The number of aliphatic hydroxyl groups is 2. The minimum absolute atomic E-state index is 0.0515. The highest BCUT2D eigenvalue weighted by molar-refractivity contribution is 5.74. The van der Waals surface area contributed by atoms with Crippen LogP contribution >= 0.6 is 0 Å². The molecule has 0 spiro atoms. The fourth-order valence-electron chi connectivity index (χ4n) is 8.55. The summed E-state index contributed by atoms with van der Waals surface area (Å²) in [7, 11) is 0. The van der Waals surface area contributed by atoms with Crippen molar-refractivity contribution in [3.8, 4) is 0 Å². The van der Waals surface area contributed by atoms with E-state index in [0.717, 1.165) is 109 Å². The lowest BCUT2D eigenvalue weighted by molar-refractivity contribution is -0.301. The highest BCUT2D eigenvalue weighted by Crippen LogP contribution is 2.26. The zero-order chi connectivity index (χ0) is 53.3. The summed E-state index contributed by atoms with van der Waals surface area (Å²) in [5.41, 5.74) is 0. The van der Waals surface area contributed by atoms with Gasteiger partial charge in [0.1, 0.15) is 18.8 Å². The zero-order valence-corrected chi connectivity index (χ0v) is 46.1. The van der Waals surface area contributed by atoms with Gasteiger partial charge < -0.3 is 39.0 Å². The Morgan fingerprint density at radius 2 is 0.863 bits per heavy atom. The zero-order valence-electron chi connectivity index (χ0n) is 46.1. The molecule has 3 N–H and O–H groups in total. The average Bonchev–Trinajstić information content (AvgIpc) is 3.37. The Kier molecular flexibility index (Phi) is 45.5. The molecule has 1 heterocycles. The molecule has 420 valence electrons. The van der Waals surface area contributed by atoms with Gasteiger partial charge in [-0.1, -0.05) is 191 Å². The Bertz CT molecular complexity index is 1500. The number of unbranched alkanes of at least 4 members (excludes halogenated alkanes) is 25. The van der Waals surface area contributed by atoms with Crippen molar-refractivity contribution in [3.63, 3.8) is 0 Å². The largest absolute Gasteiger partial charge is 0.479 e. The van der Waals surface area contributed by atoms with Gasteiger partial charge in [-0.25, -0.2) is 4.79 Å². The van der Waals surface area contributed by atoms with Gasteiger partial charge >= 0.3 is 23.9 Å². The van der Waals surface area contributed by atoms with Crippen molar-refractivity contribution >= 4 is 23.9 Å². The van der Waals surface area contributed by atoms with E-state index in [4.69, 9.17) is 23.7 Å². The van der Waals surface area contributed by atoms with Crippen molar-refractivity contribution in [2.24, 2.45) is 0 Å². The Morgan fingerprint density at radius 3 is 1.36 bits per heavy atom. The van der Waals surface area contributed by atoms with Crippen LogP contribution in [0.4, 0.5) is 0 Å². The molecule has 6 atom stereocenters. The third-order valence-corrected chi connectivity index (χ3v) is 13.0. The Morgan fingerprint density at radius 1 is 0.466 bits per heavy atom. The van der Waals surface area contributed by atoms with Crippen LogP contribution < -0.4 is 0 Å². The molecular weight excluding hydrogens is 925 g/mol. The normalized spacial score (nSPS) is 18.7. The summed E-state index contributed by atoms with van der Waals surface area (Å²) in [5.74, 6) is -3.17. The summed E-state index contributed by atoms with van der Waals surface area (Å²) in [6.45, 7) is 5.82. The van der Waals surface area contributed by atoms with Gasteiger partial charge in [0.15, 0.2) is 24.6 Å². The molecule has 12 heteroatoms. The topological polar surface area (TPSA) is 175 Å². The molecule has 0 bridgehead atoms. The predicted octanol–water partition coefficient (Wildman–Crippen LogP) is 14.8. The van der Waals surface area contributed by atoms with Gasteiger partial charge in [-0.3, -0.25) is 14.4 Å². The number of carboxylic acids is 1. The maximum atomic E-state index is 13.1. The number of carbonyl (C=O) groups excluding carboxylic acids is 3. The first kappa shape index (κ1) is 67.4. The van der Waals surface area contributed by atoms with Crippen molar-refractivity contribution in [2.75, 3.05) is 13.2 Å². The first-order valence-electron chi connectivity index (χ1n) is 29.3. The van der Waals surface area contributed by atoms with E-state index in [1.165, 1.54) is 83.5 Å². The second kappa shape index (κ2) is 49.3. The van der Waals surface area contributed by atoms with Crippen molar-refractivity contribution in [2.45, 2.75) is 289 Å². The van der Waals surface area contributed by atoms with Crippen LogP contribution in [0.1, 0.15) is 252 Å². The van der Waals surface area contributed by atoms with E-state index in [0.29, 0.717) is 19.3 Å². The van der Waals surface area contributed by atoms with Crippen LogP contribution in [-0.2, 0) is 42.9 Å². The summed E-state index contributed by atoms with van der Waals surface area (Å²) >= 11 is 0. The van der Waals surface area contributed by atoms with Gasteiger partial charge in [-0.05, 0) is 103 Å². The van der Waals surface area contributed by atoms with Crippen LogP contribution in [0.15, 0.2) is 60.8 Å². The number of hydrogen-bond donors (Lipinski definition) is 3. The standard InChI is InChI=1S/C61H104O12/c1-4-7-10-13-16-19-22-25-26-27-28-31-34-37-40-43-46-49-55(64)72-59-57(66)56(65)58(60(67)68)73-61(59)70-51-52(71-54(63)48-45-42-39-36-33-30-24-21-18-15-12-9-6-3)50-69-53(62)47-44-41-38-35-32-29-23-20-17-14-11-8-5-2/h8,11,17,20-21,24-26,29,32,52,56-59,61,65-66H,4-7,9-10,12-16,18-19,22-23,27-28,30-31,33-51H2,1-3H3,(H,67,68)/b11-8-,20-17-,24-21-,26-25-,32-29-. The van der Waals surface area contributed by atoms with Gasteiger partial charge in [0, 0.05) is 19.3 Å². The minimum Gasteiger partial charge on any atom is -0.479 e. The van der Waals surface area contributed by atoms with Crippen molar-refractivity contribution in [1.82, 2.24) is 0 Å². The summed E-state index contributed by atoms with van der Waals surface area (Å²) in [4.78, 5) is 51.0. The minimum atomic E-state index is -1.91. The molecule has 73 heavy (non-hydrogen) atoms. The third kappa shape index (κ3) is 39.5.